The van der Waals surface area contributed by atoms with Crippen molar-refractivity contribution < 1.29 is 14.3 Å². The Labute approximate surface area is 158 Å². The Morgan fingerprint density at radius 3 is 2.56 bits per heavy atom. The van der Waals surface area contributed by atoms with Gasteiger partial charge in [0.25, 0.3) is 0 Å². The number of carbonyl (C=O) groups excluding carboxylic acids is 2. The highest BCUT2D eigenvalue weighted by Crippen LogP contribution is 2.25. The molecule has 1 amide bonds. The number of aryl methyl sites for hydroxylation is 1. The molecule has 1 aliphatic heterocycles. The smallest absolute Gasteiger partial charge is 0.316 e. The van der Waals surface area contributed by atoms with Gasteiger partial charge in [-0.2, -0.15) is 0 Å². The van der Waals surface area contributed by atoms with Crippen LogP contribution in [0.2, 0.25) is 0 Å². The molecule has 0 bridgehead atoms. The second-order valence-corrected chi connectivity index (χ2v) is 7.09. The number of hydrogen-bond donors (Lipinski definition) is 0. The third-order valence-corrected chi connectivity index (χ3v) is 4.98. The van der Waals surface area contributed by atoms with Crippen molar-refractivity contribution >= 4 is 22.6 Å². The van der Waals surface area contributed by atoms with Gasteiger partial charge in [-0.15, -0.1) is 0 Å². The van der Waals surface area contributed by atoms with Crippen LogP contribution in [0.4, 0.5) is 0 Å². The molecular weight excluding hydrogens is 338 g/mol. The van der Waals surface area contributed by atoms with E-state index in [1.165, 1.54) is 5.56 Å². The maximum Gasteiger partial charge on any atom is 0.316 e. The molecule has 1 aliphatic rings. The highest BCUT2D eigenvalue weighted by molar-refractivity contribution is 5.89. The van der Waals surface area contributed by atoms with Crippen LogP contribution in [0, 0.1) is 12.8 Å². The molecule has 136 valence electrons. The summed E-state index contributed by atoms with van der Waals surface area (Å²) >= 11 is 0. The van der Waals surface area contributed by atoms with Crippen LogP contribution in [0.15, 0.2) is 66.7 Å². The van der Waals surface area contributed by atoms with Crippen LogP contribution < -0.4 is 4.74 Å². The maximum absolute atomic E-state index is 12.5. The molecule has 0 radical (unpaired) electrons. The lowest BCUT2D eigenvalue weighted by molar-refractivity contribution is -0.139. The van der Waals surface area contributed by atoms with Crippen molar-refractivity contribution in [3.05, 3.63) is 77.9 Å². The Morgan fingerprint density at radius 2 is 1.78 bits per heavy atom. The Morgan fingerprint density at radius 1 is 1.04 bits per heavy atom. The van der Waals surface area contributed by atoms with Crippen molar-refractivity contribution in [1.29, 1.82) is 0 Å². The lowest BCUT2D eigenvalue weighted by Gasteiger charge is -2.16. The standard InChI is InChI=1S/C23H21NO3/c1-16-6-8-17(9-7-16)14-24-15-20(13-22(24)25)23(26)27-21-11-10-18-4-2-3-5-19(18)12-21/h2-12,20H,13-15H2,1H3. The van der Waals surface area contributed by atoms with Crippen LogP contribution >= 0.6 is 0 Å². The number of hydrogen-bond acceptors (Lipinski definition) is 3. The molecule has 3 aromatic rings. The van der Waals surface area contributed by atoms with Gasteiger partial charge in [-0.25, -0.2) is 0 Å². The fourth-order valence-corrected chi connectivity index (χ4v) is 3.43. The van der Waals surface area contributed by atoms with Crippen LogP contribution in [-0.2, 0) is 16.1 Å². The predicted molar refractivity (Wildman–Crippen MR) is 104 cm³/mol. The highest BCUT2D eigenvalue weighted by Gasteiger charge is 2.35. The minimum absolute atomic E-state index is 0.00367. The highest BCUT2D eigenvalue weighted by atomic mass is 16.5. The van der Waals surface area contributed by atoms with E-state index in [9.17, 15) is 9.59 Å². The number of nitrogens with zero attached hydrogens (tertiary/aromatic N) is 1. The van der Waals surface area contributed by atoms with Crippen molar-refractivity contribution in [2.45, 2.75) is 19.9 Å². The van der Waals surface area contributed by atoms with Crippen molar-refractivity contribution in [1.82, 2.24) is 4.90 Å². The van der Waals surface area contributed by atoms with E-state index in [0.29, 0.717) is 18.8 Å². The summed E-state index contributed by atoms with van der Waals surface area (Å²) in [4.78, 5) is 26.6. The van der Waals surface area contributed by atoms with Crippen LogP contribution in [0.3, 0.4) is 0 Å². The lowest BCUT2D eigenvalue weighted by Crippen LogP contribution is -2.27. The minimum atomic E-state index is -0.422. The molecule has 0 saturated carbocycles. The summed E-state index contributed by atoms with van der Waals surface area (Å²) < 4.78 is 5.55. The zero-order chi connectivity index (χ0) is 18.8. The van der Waals surface area contributed by atoms with E-state index >= 15 is 0 Å². The van der Waals surface area contributed by atoms with Gasteiger partial charge in [-0.1, -0.05) is 60.2 Å². The molecule has 0 aromatic heterocycles. The minimum Gasteiger partial charge on any atom is -0.426 e. The van der Waals surface area contributed by atoms with Gasteiger partial charge in [0.05, 0.1) is 5.92 Å². The number of rotatable bonds is 4. The topological polar surface area (TPSA) is 46.6 Å². The third-order valence-electron chi connectivity index (χ3n) is 4.98. The SMILES string of the molecule is Cc1ccc(CN2CC(C(=O)Oc3ccc4ccccc4c3)CC2=O)cc1. The summed E-state index contributed by atoms with van der Waals surface area (Å²) in [6.07, 6.45) is 0.207. The Balaban J connectivity index is 1.41. The molecule has 3 aromatic carbocycles. The first-order chi connectivity index (χ1) is 13.1. The van der Waals surface area contributed by atoms with Gasteiger partial charge in [0.2, 0.25) is 5.91 Å². The van der Waals surface area contributed by atoms with E-state index in [-0.39, 0.29) is 18.3 Å². The largest absolute Gasteiger partial charge is 0.426 e. The summed E-state index contributed by atoms with van der Waals surface area (Å²) in [6.45, 7) is 2.96. The third kappa shape index (κ3) is 3.85. The molecule has 0 N–H and O–H groups in total. The van der Waals surface area contributed by atoms with Crippen molar-refractivity contribution in [3.8, 4) is 5.75 Å². The van der Waals surface area contributed by atoms with Gasteiger partial charge >= 0.3 is 5.97 Å². The monoisotopic (exact) mass is 359 g/mol. The number of carbonyl (C=O) groups is 2. The molecule has 0 aliphatic carbocycles. The lowest BCUT2D eigenvalue weighted by atomic mass is 10.1. The fraction of sp³-hybridized carbons (Fsp3) is 0.217. The number of benzene rings is 3. The van der Waals surface area contributed by atoms with Gasteiger partial charge in [0, 0.05) is 19.5 Å². The summed E-state index contributed by atoms with van der Waals surface area (Å²) in [5.74, 6) is -0.251. The van der Waals surface area contributed by atoms with E-state index in [1.54, 1.807) is 11.0 Å². The molecule has 4 nitrogen and oxygen atoms in total. The molecule has 27 heavy (non-hydrogen) atoms. The van der Waals surface area contributed by atoms with E-state index in [0.717, 1.165) is 16.3 Å². The van der Waals surface area contributed by atoms with Gasteiger partial charge in [0.15, 0.2) is 0 Å². The van der Waals surface area contributed by atoms with E-state index in [4.69, 9.17) is 4.74 Å². The first-order valence-corrected chi connectivity index (χ1v) is 9.12. The molecule has 1 fully saturated rings. The van der Waals surface area contributed by atoms with Crippen LogP contribution in [0.5, 0.6) is 5.75 Å². The molecular formula is C23H21NO3. The van der Waals surface area contributed by atoms with Gasteiger partial charge < -0.3 is 9.64 Å². The zero-order valence-corrected chi connectivity index (χ0v) is 15.2. The number of likely N-dealkylation sites (tertiary alicyclic amines) is 1. The average molecular weight is 359 g/mol. The van der Waals surface area contributed by atoms with Gasteiger partial charge in [-0.05, 0) is 35.4 Å². The van der Waals surface area contributed by atoms with Crippen molar-refractivity contribution in [3.63, 3.8) is 0 Å². The van der Waals surface area contributed by atoms with E-state index in [2.05, 4.69) is 0 Å². The normalized spacial score (nSPS) is 16.7. The first kappa shape index (κ1) is 17.3. The summed E-state index contributed by atoms with van der Waals surface area (Å²) in [5.41, 5.74) is 2.25. The maximum atomic E-state index is 12.5. The van der Waals surface area contributed by atoms with Crippen molar-refractivity contribution in [2.75, 3.05) is 6.54 Å². The molecule has 1 atom stereocenters. The van der Waals surface area contributed by atoms with Gasteiger partial charge in [0.1, 0.15) is 5.75 Å². The molecule has 0 spiro atoms. The van der Waals surface area contributed by atoms with Crippen molar-refractivity contribution in [2.24, 2.45) is 5.92 Å². The number of fused-ring (bicyclic) bond motifs is 1. The Kier molecular flexibility index (Phi) is 4.63. The second-order valence-electron chi connectivity index (χ2n) is 7.09. The molecule has 4 heteroatoms. The molecule has 4 rings (SSSR count). The molecule has 1 unspecified atom stereocenters. The Bertz CT molecular complexity index is 994. The van der Waals surface area contributed by atoms with E-state index < -0.39 is 5.92 Å². The molecule has 1 saturated heterocycles. The summed E-state index contributed by atoms with van der Waals surface area (Å²) in [5, 5.41) is 2.11. The van der Waals surface area contributed by atoms with Crippen LogP contribution in [0.25, 0.3) is 10.8 Å². The summed E-state index contributed by atoms with van der Waals surface area (Å²) in [7, 11) is 0. The first-order valence-electron chi connectivity index (χ1n) is 9.12. The fourth-order valence-electron chi connectivity index (χ4n) is 3.43. The predicted octanol–water partition coefficient (Wildman–Crippen LogP) is 4.10. The molecule has 1 heterocycles. The number of esters is 1. The zero-order valence-electron chi connectivity index (χ0n) is 15.2. The van der Waals surface area contributed by atoms with E-state index in [1.807, 2.05) is 67.6 Å². The number of ether oxygens (including phenoxy) is 1. The van der Waals surface area contributed by atoms with Crippen LogP contribution in [-0.4, -0.2) is 23.3 Å². The average Bonchev–Trinajstić information content (AvgIpc) is 3.04. The van der Waals surface area contributed by atoms with Gasteiger partial charge in [-0.3, -0.25) is 9.59 Å². The quantitative estimate of drug-likeness (QED) is 0.520. The second kappa shape index (κ2) is 7.23. The Hall–Kier alpha value is -3.14. The van der Waals surface area contributed by atoms with Crippen LogP contribution in [0.1, 0.15) is 17.5 Å². The summed E-state index contributed by atoms with van der Waals surface area (Å²) in [6, 6.07) is 21.6. The number of amides is 1.